The molecule has 1 saturated carbocycles. The first kappa shape index (κ1) is 15.8. The van der Waals surface area contributed by atoms with Gasteiger partial charge in [-0.05, 0) is 50.4 Å². The Bertz CT molecular complexity index is 413. The zero-order valence-corrected chi connectivity index (χ0v) is 14.4. The van der Waals surface area contributed by atoms with E-state index in [9.17, 15) is 0 Å². The minimum absolute atomic E-state index is 0.735. The Labute approximate surface area is 132 Å². The topological polar surface area (TPSA) is 15.3 Å². The molecule has 1 N–H and O–H groups in total. The normalized spacial score (nSPS) is 15.8. The predicted molar refractivity (Wildman–Crippen MR) is 91.4 cm³/mol. The lowest BCUT2D eigenvalue weighted by Crippen LogP contribution is -2.34. The lowest BCUT2D eigenvalue weighted by molar-refractivity contribution is 0.611. The molecule has 0 heterocycles. The number of nitrogens with zero attached hydrogens (tertiary/aromatic N) is 1. The van der Waals surface area contributed by atoms with Crippen molar-refractivity contribution in [2.45, 2.75) is 58.5 Å². The van der Waals surface area contributed by atoms with Crippen molar-refractivity contribution < 1.29 is 0 Å². The van der Waals surface area contributed by atoms with Crippen LogP contribution in [0.5, 0.6) is 0 Å². The number of hydrogen-bond donors (Lipinski definition) is 1. The molecule has 1 aromatic carbocycles. The lowest BCUT2D eigenvalue weighted by Gasteiger charge is -2.32. The van der Waals surface area contributed by atoms with Crippen LogP contribution in [-0.2, 0) is 6.54 Å². The zero-order chi connectivity index (χ0) is 14.4. The van der Waals surface area contributed by atoms with E-state index in [4.69, 9.17) is 0 Å². The average molecular weight is 339 g/mol. The van der Waals surface area contributed by atoms with Crippen LogP contribution in [0.2, 0.25) is 0 Å². The van der Waals surface area contributed by atoms with E-state index in [1.807, 2.05) is 0 Å². The third kappa shape index (κ3) is 3.98. The Morgan fingerprint density at radius 2 is 2.00 bits per heavy atom. The summed E-state index contributed by atoms with van der Waals surface area (Å²) in [4.78, 5) is 2.61. The Balaban J connectivity index is 2.19. The van der Waals surface area contributed by atoms with Gasteiger partial charge in [-0.1, -0.05) is 41.8 Å². The minimum Gasteiger partial charge on any atom is -0.369 e. The van der Waals surface area contributed by atoms with Crippen molar-refractivity contribution in [1.82, 2.24) is 5.32 Å². The van der Waals surface area contributed by atoms with Crippen molar-refractivity contribution in [1.29, 1.82) is 0 Å². The fraction of sp³-hybridized carbons (Fsp3) is 0.647. The van der Waals surface area contributed by atoms with E-state index < -0.39 is 0 Å². The fourth-order valence-electron chi connectivity index (χ4n) is 3.19. The number of anilines is 1. The highest BCUT2D eigenvalue weighted by atomic mass is 79.9. The van der Waals surface area contributed by atoms with Crippen molar-refractivity contribution in [2.24, 2.45) is 0 Å². The van der Waals surface area contributed by atoms with Gasteiger partial charge in [0, 0.05) is 29.3 Å². The van der Waals surface area contributed by atoms with Gasteiger partial charge in [-0.3, -0.25) is 0 Å². The zero-order valence-electron chi connectivity index (χ0n) is 12.8. The smallest absolute Gasteiger partial charge is 0.0425 e. The Hall–Kier alpha value is -0.540. The highest BCUT2D eigenvalue weighted by Crippen LogP contribution is 2.32. The van der Waals surface area contributed by atoms with Gasteiger partial charge in [0.25, 0.3) is 0 Å². The van der Waals surface area contributed by atoms with Gasteiger partial charge in [-0.15, -0.1) is 0 Å². The van der Waals surface area contributed by atoms with Crippen LogP contribution in [0.3, 0.4) is 0 Å². The Morgan fingerprint density at radius 1 is 1.25 bits per heavy atom. The van der Waals surface area contributed by atoms with E-state index in [0.29, 0.717) is 0 Å². The molecule has 2 nitrogen and oxygen atoms in total. The minimum atomic E-state index is 0.735. The third-order valence-corrected chi connectivity index (χ3v) is 4.70. The molecule has 20 heavy (non-hydrogen) atoms. The number of rotatable bonds is 7. The van der Waals surface area contributed by atoms with Crippen LogP contribution in [0.15, 0.2) is 22.7 Å². The number of halogens is 1. The van der Waals surface area contributed by atoms with Crippen molar-refractivity contribution >= 4 is 21.6 Å². The molecule has 1 fully saturated rings. The van der Waals surface area contributed by atoms with Crippen molar-refractivity contribution in [3.63, 3.8) is 0 Å². The molecule has 0 saturated heterocycles. The second-order valence-corrected chi connectivity index (χ2v) is 6.59. The quantitative estimate of drug-likeness (QED) is 0.723. The molecule has 0 unspecified atom stereocenters. The molecule has 112 valence electrons. The van der Waals surface area contributed by atoms with Gasteiger partial charge in [0.2, 0.25) is 0 Å². The van der Waals surface area contributed by atoms with Crippen LogP contribution in [0.25, 0.3) is 0 Å². The largest absolute Gasteiger partial charge is 0.369 e. The summed E-state index contributed by atoms with van der Waals surface area (Å²) in [6.07, 6.45) is 6.66. The molecule has 0 atom stereocenters. The van der Waals surface area contributed by atoms with Crippen molar-refractivity contribution in [3.05, 3.63) is 28.2 Å². The molecule has 0 spiro atoms. The van der Waals surface area contributed by atoms with E-state index >= 15 is 0 Å². The summed E-state index contributed by atoms with van der Waals surface area (Å²) in [7, 11) is 0. The van der Waals surface area contributed by atoms with Gasteiger partial charge in [0.15, 0.2) is 0 Å². The molecular weight excluding hydrogens is 312 g/mol. The number of hydrogen-bond acceptors (Lipinski definition) is 2. The van der Waals surface area contributed by atoms with Gasteiger partial charge in [0.1, 0.15) is 0 Å². The Morgan fingerprint density at radius 3 is 2.65 bits per heavy atom. The fourth-order valence-corrected chi connectivity index (χ4v) is 3.54. The van der Waals surface area contributed by atoms with Gasteiger partial charge in [-0.25, -0.2) is 0 Å². The van der Waals surface area contributed by atoms with E-state index in [1.54, 1.807) is 0 Å². The first-order valence-electron chi connectivity index (χ1n) is 8.02. The average Bonchev–Trinajstić information content (AvgIpc) is 2.96. The molecule has 0 aromatic heterocycles. The van der Waals surface area contributed by atoms with Gasteiger partial charge >= 0.3 is 0 Å². The summed E-state index contributed by atoms with van der Waals surface area (Å²) < 4.78 is 1.18. The number of benzene rings is 1. The van der Waals surface area contributed by atoms with Crippen molar-refractivity contribution in [2.75, 3.05) is 18.0 Å². The summed E-state index contributed by atoms with van der Waals surface area (Å²) in [6, 6.07) is 7.46. The molecule has 0 aliphatic heterocycles. The van der Waals surface area contributed by atoms with Crippen LogP contribution in [0.4, 0.5) is 5.69 Å². The first-order chi connectivity index (χ1) is 9.76. The summed E-state index contributed by atoms with van der Waals surface area (Å²) in [5.41, 5.74) is 2.84. The van der Waals surface area contributed by atoms with E-state index in [0.717, 1.165) is 25.7 Å². The summed E-state index contributed by atoms with van der Waals surface area (Å²) in [6.45, 7) is 7.65. The van der Waals surface area contributed by atoms with Gasteiger partial charge in [0.05, 0.1) is 0 Å². The van der Waals surface area contributed by atoms with Crippen LogP contribution in [-0.4, -0.2) is 19.1 Å². The monoisotopic (exact) mass is 338 g/mol. The highest BCUT2D eigenvalue weighted by Gasteiger charge is 2.23. The van der Waals surface area contributed by atoms with Gasteiger partial charge in [-0.2, -0.15) is 0 Å². The first-order valence-corrected chi connectivity index (χ1v) is 8.81. The van der Waals surface area contributed by atoms with E-state index in [1.165, 1.54) is 47.8 Å². The summed E-state index contributed by atoms with van der Waals surface area (Å²) in [5.74, 6) is 0. The molecule has 0 radical (unpaired) electrons. The van der Waals surface area contributed by atoms with E-state index in [2.05, 4.69) is 58.2 Å². The van der Waals surface area contributed by atoms with E-state index in [-0.39, 0.29) is 0 Å². The maximum atomic E-state index is 3.64. The van der Waals surface area contributed by atoms with Gasteiger partial charge < -0.3 is 10.2 Å². The molecule has 1 aliphatic rings. The number of nitrogens with one attached hydrogen (secondary N) is 1. The molecule has 0 amide bonds. The van der Waals surface area contributed by atoms with Crippen LogP contribution in [0.1, 0.15) is 51.5 Å². The lowest BCUT2D eigenvalue weighted by atomic mass is 10.1. The maximum Gasteiger partial charge on any atom is 0.0425 e. The second-order valence-electron chi connectivity index (χ2n) is 5.67. The maximum absolute atomic E-state index is 3.64. The van der Waals surface area contributed by atoms with Crippen LogP contribution in [0, 0.1) is 0 Å². The summed E-state index contributed by atoms with van der Waals surface area (Å²) >= 11 is 3.64. The molecule has 3 heteroatoms. The molecule has 1 aliphatic carbocycles. The summed E-state index contributed by atoms with van der Waals surface area (Å²) in [5, 5.41) is 3.54. The predicted octanol–water partition coefficient (Wildman–Crippen LogP) is 4.72. The highest BCUT2D eigenvalue weighted by molar-refractivity contribution is 9.10. The SMILES string of the molecule is CCCNCc1ccc(Br)cc1N(CC)C1CCCC1. The Kier molecular flexibility index (Phi) is 6.37. The molecule has 1 aromatic rings. The molecule has 0 bridgehead atoms. The third-order valence-electron chi connectivity index (χ3n) is 4.21. The van der Waals surface area contributed by atoms with Crippen LogP contribution < -0.4 is 10.2 Å². The molecule has 2 rings (SSSR count). The second kappa shape index (κ2) is 8.04. The van der Waals surface area contributed by atoms with Crippen LogP contribution >= 0.6 is 15.9 Å². The standard InChI is InChI=1S/C17H27BrN2/c1-3-11-19-13-14-9-10-15(18)12-17(14)20(4-2)16-7-5-6-8-16/h9-10,12,16,19H,3-8,11,13H2,1-2H3. The molecular formula is C17H27BrN2. The van der Waals surface area contributed by atoms with Crippen molar-refractivity contribution in [3.8, 4) is 0 Å².